The molecule has 0 unspecified atom stereocenters. The van der Waals surface area contributed by atoms with Crippen molar-refractivity contribution < 1.29 is 0 Å². The lowest BCUT2D eigenvalue weighted by Gasteiger charge is -2.32. The van der Waals surface area contributed by atoms with Crippen LogP contribution in [0.4, 0.5) is 0 Å². The second-order valence-electron chi connectivity index (χ2n) is 5.99. The van der Waals surface area contributed by atoms with Crippen LogP contribution in [-0.2, 0) is 6.54 Å². The van der Waals surface area contributed by atoms with E-state index < -0.39 is 0 Å². The third-order valence-corrected chi connectivity index (χ3v) is 4.70. The molecule has 0 atom stereocenters. The van der Waals surface area contributed by atoms with Gasteiger partial charge in [-0.3, -0.25) is 4.90 Å². The quantitative estimate of drug-likeness (QED) is 0.889. The standard InChI is InChI=1S/C16H23ClN2/c17-16-4-2-1-3-14(16)12-19-9-7-13(8-10-19)11-18-15-5-6-15/h1-4,13,15,18H,5-12H2. The Balaban J connectivity index is 1.43. The summed E-state index contributed by atoms with van der Waals surface area (Å²) in [6.45, 7) is 4.65. The monoisotopic (exact) mass is 278 g/mol. The zero-order valence-corrected chi connectivity index (χ0v) is 12.2. The molecule has 3 rings (SSSR count). The number of hydrogen-bond acceptors (Lipinski definition) is 2. The number of nitrogens with one attached hydrogen (secondary N) is 1. The van der Waals surface area contributed by atoms with Gasteiger partial charge in [-0.05, 0) is 62.9 Å². The number of halogens is 1. The van der Waals surface area contributed by atoms with Crippen LogP contribution in [0.2, 0.25) is 5.02 Å². The molecular formula is C16H23ClN2. The van der Waals surface area contributed by atoms with Gasteiger partial charge in [0.15, 0.2) is 0 Å². The van der Waals surface area contributed by atoms with Crippen molar-refractivity contribution >= 4 is 11.6 Å². The summed E-state index contributed by atoms with van der Waals surface area (Å²) in [5.74, 6) is 0.878. The summed E-state index contributed by atoms with van der Waals surface area (Å²) < 4.78 is 0. The highest BCUT2D eigenvalue weighted by Gasteiger charge is 2.24. The molecule has 3 heteroatoms. The zero-order valence-electron chi connectivity index (χ0n) is 11.4. The van der Waals surface area contributed by atoms with E-state index in [1.54, 1.807) is 0 Å². The normalized spacial score (nSPS) is 21.7. The second-order valence-corrected chi connectivity index (χ2v) is 6.40. The van der Waals surface area contributed by atoms with Gasteiger partial charge < -0.3 is 5.32 Å². The van der Waals surface area contributed by atoms with E-state index >= 15 is 0 Å². The molecule has 1 aromatic rings. The van der Waals surface area contributed by atoms with Crippen molar-refractivity contribution in [3.8, 4) is 0 Å². The summed E-state index contributed by atoms with van der Waals surface area (Å²) >= 11 is 6.23. The van der Waals surface area contributed by atoms with Crippen molar-refractivity contribution in [2.24, 2.45) is 5.92 Å². The summed E-state index contributed by atoms with van der Waals surface area (Å²) in [4.78, 5) is 2.54. The number of benzene rings is 1. The molecule has 1 saturated heterocycles. The molecule has 1 aromatic carbocycles. The van der Waals surface area contributed by atoms with Gasteiger partial charge in [0.25, 0.3) is 0 Å². The predicted octanol–water partition coefficient (Wildman–Crippen LogP) is 3.30. The third kappa shape index (κ3) is 3.95. The van der Waals surface area contributed by atoms with Crippen molar-refractivity contribution in [3.63, 3.8) is 0 Å². The van der Waals surface area contributed by atoms with E-state index in [1.807, 2.05) is 12.1 Å². The molecule has 1 aliphatic heterocycles. The first kappa shape index (κ1) is 13.4. The topological polar surface area (TPSA) is 15.3 Å². The Morgan fingerprint density at radius 2 is 1.84 bits per heavy atom. The van der Waals surface area contributed by atoms with Gasteiger partial charge in [-0.15, -0.1) is 0 Å². The molecule has 1 aliphatic carbocycles. The van der Waals surface area contributed by atoms with Crippen molar-refractivity contribution in [2.75, 3.05) is 19.6 Å². The molecule has 19 heavy (non-hydrogen) atoms. The predicted molar refractivity (Wildman–Crippen MR) is 80.5 cm³/mol. The van der Waals surface area contributed by atoms with E-state index in [4.69, 9.17) is 11.6 Å². The van der Waals surface area contributed by atoms with Gasteiger partial charge in [0, 0.05) is 17.6 Å². The lowest BCUT2D eigenvalue weighted by Crippen LogP contribution is -2.37. The molecule has 1 N–H and O–H groups in total. The highest BCUT2D eigenvalue weighted by atomic mass is 35.5. The average molecular weight is 279 g/mol. The van der Waals surface area contributed by atoms with Crippen molar-refractivity contribution in [1.82, 2.24) is 10.2 Å². The van der Waals surface area contributed by atoms with Crippen LogP contribution in [0.5, 0.6) is 0 Å². The highest BCUT2D eigenvalue weighted by molar-refractivity contribution is 6.31. The van der Waals surface area contributed by atoms with Crippen LogP contribution in [0.15, 0.2) is 24.3 Å². The minimum Gasteiger partial charge on any atom is -0.314 e. The Morgan fingerprint density at radius 1 is 1.11 bits per heavy atom. The van der Waals surface area contributed by atoms with Crippen LogP contribution >= 0.6 is 11.6 Å². The highest BCUT2D eigenvalue weighted by Crippen LogP contribution is 2.23. The third-order valence-electron chi connectivity index (χ3n) is 4.33. The fourth-order valence-corrected chi connectivity index (χ4v) is 3.03. The number of nitrogens with zero attached hydrogens (tertiary/aromatic N) is 1. The Bertz CT molecular complexity index is 409. The number of hydrogen-bond donors (Lipinski definition) is 1. The van der Waals surface area contributed by atoms with Crippen LogP contribution in [-0.4, -0.2) is 30.6 Å². The zero-order chi connectivity index (χ0) is 13.1. The maximum Gasteiger partial charge on any atom is 0.0451 e. The number of rotatable bonds is 5. The molecule has 0 amide bonds. The molecule has 2 nitrogen and oxygen atoms in total. The molecule has 0 radical (unpaired) electrons. The van der Waals surface area contributed by atoms with Crippen LogP contribution < -0.4 is 5.32 Å². The summed E-state index contributed by atoms with van der Waals surface area (Å²) in [5, 5.41) is 4.56. The van der Waals surface area contributed by atoms with E-state index in [9.17, 15) is 0 Å². The van der Waals surface area contributed by atoms with Crippen LogP contribution in [0.25, 0.3) is 0 Å². The van der Waals surface area contributed by atoms with E-state index in [0.717, 1.165) is 23.5 Å². The van der Waals surface area contributed by atoms with E-state index in [1.165, 1.54) is 50.9 Å². The van der Waals surface area contributed by atoms with E-state index in [-0.39, 0.29) is 0 Å². The molecule has 2 aliphatic rings. The molecule has 0 bridgehead atoms. The van der Waals surface area contributed by atoms with Crippen molar-refractivity contribution in [1.29, 1.82) is 0 Å². The van der Waals surface area contributed by atoms with Crippen molar-refractivity contribution in [2.45, 2.75) is 38.3 Å². The Labute approximate surface area is 121 Å². The summed E-state index contributed by atoms with van der Waals surface area (Å²) in [6, 6.07) is 9.06. The number of likely N-dealkylation sites (tertiary alicyclic amines) is 1. The second kappa shape index (κ2) is 6.25. The van der Waals surface area contributed by atoms with Crippen LogP contribution in [0, 0.1) is 5.92 Å². The van der Waals surface area contributed by atoms with Gasteiger partial charge >= 0.3 is 0 Å². The van der Waals surface area contributed by atoms with Gasteiger partial charge in [0.05, 0.1) is 0 Å². The fourth-order valence-electron chi connectivity index (χ4n) is 2.84. The smallest absolute Gasteiger partial charge is 0.0451 e. The minimum absolute atomic E-state index is 0.848. The molecule has 1 saturated carbocycles. The maximum atomic E-state index is 6.23. The Hall–Kier alpha value is -0.570. The summed E-state index contributed by atoms with van der Waals surface area (Å²) in [7, 11) is 0. The van der Waals surface area contributed by atoms with Gasteiger partial charge in [-0.1, -0.05) is 29.8 Å². The first-order chi connectivity index (χ1) is 9.31. The molecule has 104 valence electrons. The van der Waals surface area contributed by atoms with Crippen LogP contribution in [0.1, 0.15) is 31.2 Å². The first-order valence-electron chi connectivity index (χ1n) is 7.50. The van der Waals surface area contributed by atoms with E-state index in [0.29, 0.717) is 0 Å². The molecule has 2 fully saturated rings. The van der Waals surface area contributed by atoms with E-state index in [2.05, 4.69) is 22.3 Å². The first-order valence-corrected chi connectivity index (χ1v) is 7.88. The van der Waals surface area contributed by atoms with Crippen LogP contribution in [0.3, 0.4) is 0 Å². The Morgan fingerprint density at radius 3 is 2.53 bits per heavy atom. The lowest BCUT2D eigenvalue weighted by molar-refractivity contribution is 0.175. The van der Waals surface area contributed by atoms with Crippen molar-refractivity contribution in [3.05, 3.63) is 34.9 Å². The lowest BCUT2D eigenvalue weighted by atomic mass is 9.96. The summed E-state index contributed by atoms with van der Waals surface area (Å²) in [6.07, 6.45) is 5.44. The maximum absolute atomic E-state index is 6.23. The average Bonchev–Trinajstić information content (AvgIpc) is 3.25. The Kier molecular flexibility index (Phi) is 4.42. The van der Waals surface area contributed by atoms with Gasteiger partial charge in [0.1, 0.15) is 0 Å². The fraction of sp³-hybridized carbons (Fsp3) is 0.625. The minimum atomic E-state index is 0.848. The molecule has 1 heterocycles. The van der Waals surface area contributed by atoms with Gasteiger partial charge in [0.2, 0.25) is 0 Å². The largest absolute Gasteiger partial charge is 0.314 e. The van der Waals surface area contributed by atoms with Gasteiger partial charge in [-0.25, -0.2) is 0 Å². The number of piperidine rings is 1. The summed E-state index contributed by atoms with van der Waals surface area (Å²) in [5.41, 5.74) is 1.26. The SMILES string of the molecule is Clc1ccccc1CN1CCC(CNC2CC2)CC1. The molecule has 0 spiro atoms. The molecular weight excluding hydrogens is 256 g/mol. The van der Waals surface area contributed by atoms with Gasteiger partial charge in [-0.2, -0.15) is 0 Å². The molecule has 0 aromatic heterocycles.